The van der Waals surface area contributed by atoms with Gasteiger partial charge in [-0.2, -0.15) is 0 Å². The highest BCUT2D eigenvalue weighted by molar-refractivity contribution is 7.17. The molecule has 1 amide bonds. The van der Waals surface area contributed by atoms with Crippen molar-refractivity contribution >= 4 is 44.9 Å². The summed E-state index contributed by atoms with van der Waals surface area (Å²) in [5.74, 6) is 0.118. The SMILES string of the molecule is CCOC(=O)c1c(NC(=O)c2cc3c(=O)n4ccccc4nc3n(Cc3ccc4c(c3)OCO4)c2=N)sc2c1CCCC2. The van der Waals surface area contributed by atoms with Crippen molar-refractivity contribution in [2.45, 2.75) is 39.2 Å². The largest absolute Gasteiger partial charge is 0.462 e. The molecule has 5 heterocycles. The minimum Gasteiger partial charge on any atom is -0.462 e. The Labute approximate surface area is 248 Å². The maximum atomic E-state index is 13.9. The van der Waals surface area contributed by atoms with Crippen LogP contribution < -0.4 is 25.8 Å². The van der Waals surface area contributed by atoms with Crippen LogP contribution in [0.25, 0.3) is 16.7 Å². The number of hydrogen-bond donors (Lipinski definition) is 2. The molecule has 1 aliphatic carbocycles. The number of fused-ring (bicyclic) bond motifs is 4. The van der Waals surface area contributed by atoms with E-state index in [1.807, 2.05) is 12.1 Å². The van der Waals surface area contributed by atoms with Gasteiger partial charge in [0.15, 0.2) is 11.5 Å². The molecule has 43 heavy (non-hydrogen) atoms. The molecule has 1 aliphatic heterocycles. The Morgan fingerprint density at radius 3 is 2.81 bits per heavy atom. The number of carbonyl (C=O) groups is 2. The fourth-order valence-electron chi connectivity index (χ4n) is 5.68. The Hall–Kier alpha value is -4.97. The second-order valence-corrected chi connectivity index (χ2v) is 11.5. The second-order valence-electron chi connectivity index (χ2n) is 10.4. The topological polar surface area (TPSA) is 137 Å². The van der Waals surface area contributed by atoms with Crippen LogP contribution in [0.4, 0.5) is 5.00 Å². The molecule has 0 bridgehead atoms. The molecule has 11 nitrogen and oxygen atoms in total. The Balaban J connectivity index is 1.37. The maximum Gasteiger partial charge on any atom is 0.341 e. The molecular weight excluding hydrogens is 570 g/mol. The summed E-state index contributed by atoms with van der Waals surface area (Å²) in [7, 11) is 0. The van der Waals surface area contributed by atoms with E-state index >= 15 is 0 Å². The highest BCUT2D eigenvalue weighted by Crippen LogP contribution is 2.39. The molecular formula is C31H27N5O6S. The number of hydrogen-bond acceptors (Lipinski definition) is 9. The monoisotopic (exact) mass is 597 g/mol. The predicted octanol–water partition coefficient (Wildman–Crippen LogP) is 4.27. The van der Waals surface area contributed by atoms with Gasteiger partial charge in [-0.3, -0.25) is 19.4 Å². The van der Waals surface area contributed by atoms with Gasteiger partial charge >= 0.3 is 5.97 Å². The smallest absolute Gasteiger partial charge is 0.341 e. The molecule has 0 unspecified atom stereocenters. The summed E-state index contributed by atoms with van der Waals surface area (Å²) in [4.78, 5) is 46.3. The number of aromatic nitrogens is 3. The maximum absolute atomic E-state index is 13.9. The first-order chi connectivity index (χ1) is 20.9. The summed E-state index contributed by atoms with van der Waals surface area (Å²) in [6.07, 6.45) is 5.14. The van der Waals surface area contributed by atoms with Gasteiger partial charge < -0.3 is 24.1 Å². The number of pyridine rings is 2. The predicted molar refractivity (Wildman–Crippen MR) is 159 cm³/mol. The van der Waals surface area contributed by atoms with Crippen LogP contribution in [0.1, 0.15) is 56.5 Å². The van der Waals surface area contributed by atoms with Gasteiger partial charge in [-0.25, -0.2) is 9.78 Å². The van der Waals surface area contributed by atoms with Crippen LogP contribution in [0.5, 0.6) is 11.5 Å². The minimum atomic E-state index is -0.604. The van der Waals surface area contributed by atoms with Gasteiger partial charge in [0, 0.05) is 11.1 Å². The van der Waals surface area contributed by atoms with Crippen LogP contribution in [0.15, 0.2) is 53.5 Å². The van der Waals surface area contributed by atoms with Crippen molar-refractivity contribution in [3.8, 4) is 11.5 Å². The molecule has 0 saturated heterocycles. The highest BCUT2D eigenvalue weighted by atomic mass is 32.1. The number of benzene rings is 1. The van der Waals surface area contributed by atoms with Crippen LogP contribution in [-0.2, 0) is 24.1 Å². The third-order valence-corrected chi connectivity index (χ3v) is 8.93. The molecule has 218 valence electrons. The number of aryl methyl sites for hydroxylation is 1. The molecule has 0 fully saturated rings. The third-order valence-electron chi connectivity index (χ3n) is 7.72. The van der Waals surface area contributed by atoms with Gasteiger partial charge in [-0.1, -0.05) is 12.1 Å². The summed E-state index contributed by atoms with van der Waals surface area (Å²) < 4.78 is 19.3. The van der Waals surface area contributed by atoms with Crippen LogP contribution >= 0.6 is 11.3 Å². The first-order valence-corrected chi connectivity index (χ1v) is 14.9. The van der Waals surface area contributed by atoms with Gasteiger partial charge in [0.1, 0.15) is 21.8 Å². The van der Waals surface area contributed by atoms with Crippen LogP contribution in [-0.4, -0.2) is 39.2 Å². The Kier molecular flexibility index (Phi) is 6.69. The quantitative estimate of drug-likeness (QED) is 0.220. The van der Waals surface area contributed by atoms with E-state index in [1.165, 1.54) is 21.8 Å². The van der Waals surface area contributed by atoms with E-state index in [0.29, 0.717) is 27.7 Å². The number of nitrogens with zero attached hydrogens (tertiary/aromatic N) is 3. The second kappa shape index (κ2) is 10.7. The lowest BCUT2D eigenvalue weighted by Crippen LogP contribution is -2.32. The molecule has 1 aromatic carbocycles. The van der Waals surface area contributed by atoms with Crippen LogP contribution in [0.3, 0.4) is 0 Å². The van der Waals surface area contributed by atoms with E-state index in [2.05, 4.69) is 5.32 Å². The number of thiophene rings is 1. The molecule has 5 aromatic rings. The van der Waals surface area contributed by atoms with Crippen LogP contribution in [0, 0.1) is 5.41 Å². The summed E-state index contributed by atoms with van der Waals surface area (Å²) in [6.45, 7) is 2.22. The van der Waals surface area contributed by atoms with Crippen molar-refractivity contribution in [1.82, 2.24) is 14.0 Å². The normalized spacial score (nSPS) is 13.7. The molecule has 0 saturated carbocycles. The molecule has 12 heteroatoms. The van der Waals surface area contributed by atoms with Crippen molar-refractivity contribution in [1.29, 1.82) is 5.41 Å². The molecule has 0 spiro atoms. The summed E-state index contributed by atoms with van der Waals surface area (Å²) in [5, 5.41) is 12.6. The van der Waals surface area contributed by atoms with E-state index in [4.69, 9.17) is 24.6 Å². The summed E-state index contributed by atoms with van der Waals surface area (Å²) in [5.41, 5.74) is 2.23. The number of anilines is 1. The lowest BCUT2D eigenvalue weighted by atomic mass is 9.95. The van der Waals surface area contributed by atoms with Gasteiger partial charge in [0.25, 0.3) is 11.5 Å². The van der Waals surface area contributed by atoms with Crippen LogP contribution in [0.2, 0.25) is 0 Å². The zero-order valence-electron chi connectivity index (χ0n) is 23.3. The van der Waals surface area contributed by atoms with E-state index < -0.39 is 11.9 Å². The first kappa shape index (κ1) is 26.9. The van der Waals surface area contributed by atoms with E-state index in [9.17, 15) is 14.4 Å². The zero-order chi connectivity index (χ0) is 29.7. The van der Waals surface area contributed by atoms with Gasteiger partial charge in [0.05, 0.1) is 29.7 Å². The van der Waals surface area contributed by atoms with E-state index in [1.54, 1.807) is 42.0 Å². The van der Waals surface area contributed by atoms with E-state index in [0.717, 1.165) is 41.7 Å². The molecule has 2 N–H and O–H groups in total. The fourth-order valence-corrected chi connectivity index (χ4v) is 6.95. The molecule has 7 rings (SSSR count). The first-order valence-electron chi connectivity index (χ1n) is 14.0. The van der Waals surface area contributed by atoms with Crippen molar-refractivity contribution in [2.24, 2.45) is 0 Å². The molecule has 0 radical (unpaired) electrons. The zero-order valence-corrected chi connectivity index (χ0v) is 24.1. The van der Waals surface area contributed by atoms with Crippen molar-refractivity contribution in [3.05, 3.63) is 91.6 Å². The van der Waals surface area contributed by atoms with Gasteiger partial charge in [-0.15, -0.1) is 11.3 Å². The summed E-state index contributed by atoms with van der Waals surface area (Å²) in [6, 6.07) is 12.1. The van der Waals surface area contributed by atoms with Crippen molar-refractivity contribution < 1.29 is 23.8 Å². The number of carbonyl (C=O) groups excluding carboxylic acids is 2. The number of esters is 1. The molecule has 2 aliphatic rings. The van der Waals surface area contributed by atoms with Gasteiger partial charge in [0.2, 0.25) is 6.79 Å². The number of ether oxygens (including phenoxy) is 3. The standard InChI is InChI=1S/C31H27N5O6S/c1-2-40-31(39)25-18-7-3-4-8-23(18)43-29(25)34-28(37)19-14-20-27(33-24-9-5-6-12-35(24)30(20)38)36(26(19)32)15-17-10-11-21-22(13-17)42-16-41-21/h5-6,9-14,32H,2-4,7-8,15-16H2,1H3,(H,34,37). The molecule has 0 atom stereocenters. The average Bonchev–Trinajstić information content (AvgIpc) is 3.63. The Bertz CT molecular complexity index is 2080. The van der Waals surface area contributed by atoms with Gasteiger partial charge in [-0.05, 0) is 74.1 Å². The van der Waals surface area contributed by atoms with Crippen molar-refractivity contribution in [2.75, 3.05) is 18.7 Å². The lowest BCUT2D eigenvalue weighted by molar-refractivity contribution is 0.0526. The minimum absolute atomic E-state index is 0.0239. The number of amides is 1. The highest BCUT2D eigenvalue weighted by Gasteiger charge is 2.28. The number of nitrogens with one attached hydrogen (secondary N) is 2. The average molecular weight is 598 g/mol. The Morgan fingerprint density at radius 2 is 1.95 bits per heavy atom. The van der Waals surface area contributed by atoms with Crippen molar-refractivity contribution in [3.63, 3.8) is 0 Å². The fraction of sp³-hybridized carbons (Fsp3) is 0.258. The lowest BCUT2D eigenvalue weighted by Gasteiger charge is -2.15. The number of rotatable bonds is 6. The molecule has 4 aromatic heterocycles. The Morgan fingerprint density at radius 1 is 1.12 bits per heavy atom. The van der Waals surface area contributed by atoms with E-state index in [-0.39, 0.29) is 47.6 Å². The third kappa shape index (κ3) is 4.63. The summed E-state index contributed by atoms with van der Waals surface area (Å²) >= 11 is 1.37.